The Morgan fingerprint density at radius 3 is 3.14 bits per heavy atom. The molecule has 2 rings (SSSR count). The summed E-state index contributed by atoms with van der Waals surface area (Å²) in [5.41, 5.74) is 7.38. The predicted octanol–water partition coefficient (Wildman–Crippen LogP) is 2.19. The van der Waals surface area contributed by atoms with E-state index in [0.29, 0.717) is 0 Å². The Labute approximate surface area is 82.8 Å². The second-order valence-corrected chi connectivity index (χ2v) is 3.24. The molecule has 3 nitrogen and oxygen atoms in total. The minimum Gasteiger partial charge on any atom is -0.399 e. The summed E-state index contributed by atoms with van der Waals surface area (Å²) >= 11 is 0. The number of nitrogens with zero attached hydrogens (tertiary/aromatic N) is 2. The van der Waals surface area contributed by atoms with Gasteiger partial charge in [0.25, 0.3) is 0 Å². The smallest absolute Gasteiger partial charge is 0.0943 e. The third-order valence-corrected chi connectivity index (χ3v) is 2.11. The van der Waals surface area contributed by atoms with Crippen LogP contribution in [0.3, 0.4) is 0 Å². The maximum atomic E-state index is 5.67. The first-order valence-electron chi connectivity index (χ1n) is 4.63. The first-order chi connectivity index (χ1) is 6.79. The first kappa shape index (κ1) is 8.81. The molecule has 0 fully saturated rings. The van der Waals surface area contributed by atoms with Gasteiger partial charge in [-0.25, -0.2) is 0 Å². The van der Waals surface area contributed by atoms with Crippen molar-refractivity contribution in [3.05, 3.63) is 36.5 Å². The largest absolute Gasteiger partial charge is 0.399 e. The van der Waals surface area contributed by atoms with Crippen LogP contribution >= 0.6 is 0 Å². The standard InChI is InChI=1S/C11H13N3/c1-2-3-6-14-8-9-4-5-10(12)7-11(9)13-14/h2-5,7-8H,6,12H2,1H3/b3-2+. The highest BCUT2D eigenvalue weighted by Gasteiger charge is 1.98. The number of rotatable bonds is 2. The third kappa shape index (κ3) is 1.62. The van der Waals surface area contributed by atoms with Crippen LogP contribution in [-0.4, -0.2) is 9.78 Å². The topological polar surface area (TPSA) is 43.8 Å². The van der Waals surface area contributed by atoms with E-state index in [2.05, 4.69) is 11.2 Å². The minimum absolute atomic E-state index is 0.758. The van der Waals surface area contributed by atoms with Gasteiger partial charge in [0.15, 0.2) is 0 Å². The van der Waals surface area contributed by atoms with Gasteiger partial charge < -0.3 is 5.73 Å². The minimum atomic E-state index is 0.758. The third-order valence-electron chi connectivity index (χ3n) is 2.11. The average molecular weight is 187 g/mol. The number of nitrogen functional groups attached to an aromatic ring is 1. The second-order valence-electron chi connectivity index (χ2n) is 3.24. The molecule has 0 atom stereocenters. The van der Waals surface area contributed by atoms with Crippen molar-refractivity contribution >= 4 is 16.6 Å². The highest BCUT2D eigenvalue weighted by molar-refractivity contribution is 5.81. The molecule has 0 radical (unpaired) electrons. The van der Waals surface area contributed by atoms with Crippen LogP contribution in [0.2, 0.25) is 0 Å². The molecule has 0 saturated carbocycles. The molecular weight excluding hydrogens is 174 g/mol. The van der Waals surface area contributed by atoms with Crippen LogP contribution in [0, 0.1) is 0 Å². The summed E-state index contributed by atoms with van der Waals surface area (Å²) in [6, 6.07) is 5.77. The molecule has 1 aromatic carbocycles. The molecule has 14 heavy (non-hydrogen) atoms. The zero-order valence-electron chi connectivity index (χ0n) is 8.14. The van der Waals surface area contributed by atoms with Gasteiger partial charge in [-0.3, -0.25) is 4.68 Å². The summed E-state index contributed by atoms with van der Waals surface area (Å²) < 4.78 is 1.91. The van der Waals surface area contributed by atoms with Crippen molar-refractivity contribution in [2.24, 2.45) is 0 Å². The molecule has 0 aliphatic heterocycles. The highest BCUT2D eigenvalue weighted by atomic mass is 15.3. The van der Waals surface area contributed by atoms with Crippen LogP contribution in [0.5, 0.6) is 0 Å². The van der Waals surface area contributed by atoms with E-state index in [4.69, 9.17) is 5.73 Å². The number of nitrogens with two attached hydrogens (primary N) is 1. The van der Waals surface area contributed by atoms with E-state index in [-0.39, 0.29) is 0 Å². The molecular formula is C11H13N3. The van der Waals surface area contributed by atoms with E-state index >= 15 is 0 Å². The van der Waals surface area contributed by atoms with Gasteiger partial charge in [0.05, 0.1) is 12.1 Å². The van der Waals surface area contributed by atoms with Crippen LogP contribution in [0.15, 0.2) is 36.5 Å². The first-order valence-corrected chi connectivity index (χ1v) is 4.63. The summed E-state index contributed by atoms with van der Waals surface area (Å²) in [6.07, 6.45) is 6.10. The monoisotopic (exact) mass is 187 g/mol. The Balaban J connectivity index is 2.41. The summed E-state index contributed by atoms with van der Waals surface area (Å²) in [4.78, 5) is 0. The van der Waals surface area contributed by atoms with E-state index in [1.807, 2.05) is 42.1 Å². The van der Waals surface area contributed by atoms with Gasteiger partial charge in [0, 0.05) is 17.3 Å². The summed E-state index contributed by atoms with van der Waals surface area (Å²) in [5, 5.41) is 5.52. The van der Waals surface area contributed by atoms with E-state index in [1.54, 1.807) is 0 Å². The zero-order chi connectivity index (χ0) is 9.97. The van der Waals surface area contributed by atoms with Crippen molar-refractivity contribution in [3.63, 3.8) is 0 Å². The fourth-order valence-corrected chi connectivity index (χ4v) is 1.39. The summed E-state index contributed by atoms with van der Waals surface area (Å²) in [6.45, 7) is 2.81. The molecule has 0 unspecified atom stereocenters. The number of anilines is 1. The number of hydrogen-bond donors (Lipinski definition) is 1. The Kier molecular flexibility index (Phi) is 2.23. The molecule has 2 N–H and O–H groups in total. The van der Waals surface area contributed by atoms with Crippen molar-refractivity contribution in [1.82, 2.24) is 9.78 Å². The van der Waals surface area contributed by atoms with Crippen molar-refractivity contribution in [1.29, 1.82) is 0 Å². The maximum absolute atomic E-state index is 5.67. The Bertz CT molecular complexity index is 468. The fraction of sp³-hybridized carbons (Fsp3) is 0.182. The predicted molar refractivity (Wildman–Crippen MR) is 59.0 cm³/mol. The van der Waals surface area contributed by atoms with Crippen LogP contribution in [0.25, 0.3) is 10.9 Å². The molecule has 0 saturated heterocycles. The summed E-state index contributed by atoms with van der Waals surface area (Å²) in [7, 11) is 0. The second kappa shape index (κ2) is 3.54. The lowest BCUT2D eigenvalue weighted by Gasteiger charge is -1.91. The lowest BCUT2D eigenvalue weighted by atomic mass is 10.2. The average Bonchev–Trinajstić information content (AvgIpc) is 2.56. The van der Waals surface area contributed by atoms with Gasteiger partial charge in [-0.15, -0.1) is 0 Å². The molecule has 0 amide bonds. The van der Waals surface area contributed by atoms with Gasteiger partial charge in [0.2, 0.25) is 0 Å². The zero-order valence-corrected chi connectivity index (χ0v) is 8.14. The summed E-state index contributed by atoms with van der Waals surface area (Å²) in [5.74, 6) is 0. The van der Waals surface area contributed by atoms with Crippen molar-refractivity contribution in [2.45, 2.75) is 13.5 Å². The fourth-order valence-electron chi connectivity index (χ4n) is 1.39. The van der Waals surface area contributed by atoms with Crippen LogP contribution < -0.4 is 5.73 Å². The molecule has 2 aromatic rings. The SMILES string of the molecule is C/C=C/Cn1cc2ccc(N)cc2n1. The Morgan fingerprint density at radius 1 is 1.50 bits per heavy atom. The molecule has 72 valence electrons. The van der Waals surface area contributed by atoms with E-state index < -0.39 is 0 Å². The van der Waals surface area contributed by atoms with Crippen LogP contribution in [0.4, 0.5) is 5.69 Å². The van der Waals surface area contributed by atoms with Gasteiger partial charge in [-0.05, 0) is 25.1 Å². The Morgan fingerprint density at radius 2 is 2.36 bits per heavy atom. The number of fused-ring (bicyclic) bond motifs is 1. The van der Waals surface area contributed by atoms with Crippen molar-refractivity contribution in [2.75, 3.05) is 5.73 Å². The van der Waals surface area contributed by atoms with E-state index in [1.165, 1.54) is 0 Å². The van der Waals surface area contributed by atoms with Gasteiger partial charge in [-0.2, -0.15) is 5.10 Å². The number of hydrogen-bond acceptors (Lipinski definition) is 2. The van der Waals surface area contributed by atoms with Crippen LogP contribution in [0.1, 0.15) is 6.92 Å². The molecule has 1 heterocycles. The number of benzene rings is 1. The van der Waals surface area contributed by atoms with E-state index in [0.717, 1.165) is 23.1 Å². The van der Waals surface area contributed by atoms with Crippen LogP contribution in [-0.2, 0) is 6.54 Å². The van der Waals surface area contributed by atoms with Gasteiger partial charge in [0.1, 0.15) is 0 Å². The molecule has 3 heteroatoms. The normalized spacial score (nSPS) is 11.5. The molecule has 0 bridgehead atoms. The number of aromatic nitrogens is 2. The lowest BCUT2D eigenvalue weighted by molar-refractivity contribution is 0.711. The molecule has 1 aromatic heterocycles. The maximum Gasteiger partial charge on any atom is 0.0943 e. The molecule has 0 aliphatic carbocycles. The quantitative estimate of drug-likeness (QED) is 0.578. The Hall–Kier alpha value is -1.77. The van der Waals surface area contributed by atoms with Crippen molar-refractivity contribution in [3.8, 4) is 0 Å². The van der Waals surface area contributed by atoms with Gasteiger partial charge >= 0.3 is 0 Å². The highest BCUT2D eigenvalue weighted by Crippen LogP contribution is 2.15. The molecule has 0 aliphatic rings. The molecule has 0 spiro atoms. The lowest BCUT2D eigenvalue weighted by Crippen LogP contribution is -1.94. The van der Waals surface area contributed by atoms with E-state index in [9.17, 15) is 0 Å². The van der Waals surface area contributed by atoms with Gasteiger partial charge in [-0.1, -0.05) is 12.2 Å². The number of allylic oxidation sites excluding steroid dienone is 2. The van der Waals surface area contributed by atoms with Crippen molar-refractivity contribution < 1.29 is 0 Å².